The molecule has 2 rings (SSSR count). The number of hydrogen-bond acceptors (Lipinski definition) is 5. The molecule has 0 aromatic carbocycles. The lowest BCUT2D eigenvalue weighted by Gasteiger charge is -2.26. The molecule has 0 spiro atoms. The zero-order valence-electron chi connectivity index (χ0n) is 10.7. The molecule has 2 heterocycles. The van der Waals surface area contributed by atoms with Gasteiger partial charge in [0.1, 0.15) is 18.0 Å². The predicted molar refractivity (Wildman–Crippen MR) is 75.1 cm³/mol. The molecular formula is C12H20N4S. The molecule has 1 saturated heterocycles. The maximum atomic E-state index is 4.43. The highest BCUT2D eigenvalue weighted by Crippen LogP contribution is 2.28. The van der Waals surface area contributed by atoms with Crippen LogP contribution in [0.5, 0.6) is 0 Å². The van der Waals surface area contributed by atoms with Crippen molar-refractivity contribution in [3.05, 3.63) is 11.9 Å². The molecule has 0 aliphatic carbocycles. The lowest BCUT2D eigenvalue weighted by Crippen LogP contribution is -2.32. The van der Waals surface area contributed by atoms with Gasteiger partial charge in [0.2, 0.25) is 0 Å². The van der Waals surface area contributed by atoms with Gasteiger partial charge in [-0.05, 0) is 26.0 Å². The van der Waals surface area contributed by atoms with Gasteiger partial charge in [-0.3, -0.25) is 0 Å². The molecule has 0 saturated carbocycles. The molecule has 1 aromatic heterocycles. The van der Waals surface area contributed by atoms with Gasteiger partial charge >= 0.3 is 0 Å². The van der Waals surface area contributed by atoms with Crippen LogP contribution in [0.15, 0.2) is 6.33 Å². The normalized spacial score (nSPS) is 19.4. The standard InChI is InChI=1S/C12H20N4S/c1-4-13-11-9(2)12(15-8-14-11)16(3)10-5-6-17-7-10/h8,10H,4-7H2,1-3H3,(H,13,14,15). The quantitative estimate of drug-likeness (QED) is 0.889. The van der Waals surface area contributed by atoms with Crippen LogP contribution in [0, 0.1) is 6.92 Å². The minimum Gasteiger partial charge on any atom is -0.370 e. The van der Waals surface area contributed by atoms with Gasteiger partial charge in [-0.2, -0.15) is 11.8 Å². The van der Waals surface area contributed by atoms with Crippen molar-refractivity contribution in [3.8, 4) is 0 Å². The topological polar surface area (TPSA) is 41.1 Å². The average molecular weight is 252 g/mol. The third-order valence-corrected chi connectivity index (χ3v) is 4.33. The molecule has 4 nitrogen and oxygen atoms in total. The summed E-state index contributed by atoms with van der Waals surface area (Å²) in [5.74, 6) is 4.48. The Morgan fingerprint density at radius 1 is 1.53 bits per heavy atom. The second kappa shape index (κ2) is 5.58. The smallest absolute Gasteiger partial charge is 0.137 e. The van der Waals surface area contributed by atoms with Crippen LogP contribution in [0.25, 0.3) is 0 Å². The molecule has 1 aromatic rings. The van der Waals surface area contributed by atoms with Crippen LogP contribution in [0.1, 0.15) is 18.9 Å². The molecular weight excluding hydrogens is 232 g/mol. The summed E-state index contributed by atoms with van der Waals surface area (Å²) in [7, 11) is 2.14. The zero-order valence-corrected chi connectivity index (χ0v) is 11.5. The van der Waals surface area contributed by atoms with Crippen LogP contribution < -0.4 is 10.2 Å². The van der Waals surface area contributed by atoms with Crippen molar-refractivity contribution in [1.82, 2.24) is 9.97 Å². The number of rotatable bonds is 4. The third kappa shape index (κ3) is 2.65. The SMILES string of the molecule is CCNc1ncnc(N(C)C2CCSC2)c1C. The van der Waals surface area contributed by atoms with Crippen molar-refractivity contribution < 1.29 is 0 Å². The molecule has 1 aliphatic heterocycles. The Morgan fingerprint density at radius 3 is 3.00 bits per heavy atom. The maximum Gasteiger partial charge on any atom is 0.137 e. The zero-order chi connectivity index (χ0) is 12.3. The Hall–Kier alpha value is -0.970. The highest BCUT2D eigenvalue weighted by atomic mass is 32.2. The van der Waals surface area contributed by atoms with Gasteiger partial charge in [0.25, 0.3) is 0 Å². The van der Waals surface area contributed by atoms with E-state index >= 15 is 0 Å². The number of aromatic nitrogens is 2. The van der Waals surface area contributed by atoms with Gasteiger partial charge in [-0.1, -0.05) is 0 Å². The van der Waals surface area contributed by atoms with Gasteiger partial charge < -0.3 is 10.2 Å². The summed E-state index contributed by atoms with van der Waals surface area (Å²) in [4.78, 5) is 11.0. The summed E-state index contributed by atoms with van der Waals surface area (Å²) in [6.07, 6.45) is 2.90. The second-order valence-corrected chi connectivity index (χ2v) is 5.48. The summed E-state index contributed by atoms with van der Waals surface area (Å²) < 4.78 is 0. The number of nitrogens with zero attached hydrogens (tertiary/aromatic N) is 3. The predicted octanol–water partition coefficient (Wildman–Crippen LogP) is 2.16. The van der Waals surface area contributed by atoms with E-state index in [9.17, 15) is 0 Å². The van der Waals surface area contributed by atoms with Gasteiger partial charge in [-0.15, -0.1) is 0 Å². The van der Waals surface area contributed by atoms with Crippen LogP contribution >= 0.6 is 11.8 Å². The Morgan fingerprint density at radius 2 is 2.35 bits per heavy atom. The molecule has 0 bridgehead atoms. The van der Waals surface area contributed by atoms with Crippen LogP contribution in [-0.4, -0.2) is 41.1 Å². The fourth-order valence-electron chi connectivity index (χ4n) is 2.14. The number of anilines is 2. The molecule has 1 N–H and O–H groups in total. The molecule has 17 heavy (non-hydrogen) atoms. The molecule has 5 heteroatoms. The number of hydrogen-bond donors (Lipinski definition) is 1. The van der Waals surface area contributed by atoms with Crippen molar-refractivity contribution >= 4 is 23.4 Å². The maximum absolute atomic E-state index is 4.43. The summed E-state index contributed by atoms with van der Waals surface area (Å²) in [5, 5.41) is 3.28. The van der Waals surface area contributed by atoms with Gasteiger partial charge in [-0.25, -0.2) is 9.97 Å². The van der Waals surface area contributed by atoms with Gasteiger partial charge in [0.15, 0.2) is 0 Å². The minimum atomic E-state index is 0.614. The Balaban J connectivity index is 2.21. The first kappa shape index (κ1) is 12.5. The van der Waals surface area contributed by atoms with E-state index in [-0.39, 0.29) is 0 Å². The van der Waals surface area contributed by atoms with E-state index in [1.807, 2.05) is 11.8 Å². The summed E-state index contributed by atoms with van der Waals surface area (Å²) in [5.41, 5.74) is 1.15. The molecule has 1 aliphatic rings. The molecule has 0 radical (unpaired) electrons. The van der Waals surface area contributed by atoms with Crippen molar-refractivity contribution in [2.45, 2.75) is 26.3 Å². The van der Waals surface area contributed by atoms with Crippen molar-refractivity contribution in [2.75, 3.05) is 35.3 Å². The van der Waals surface area contributed by atoms with E-state index in [1.165, 1.54) is 17.9 Å². The van der Waals surface area contributed by atoms with Crippen molar-refractivity contribution in [2.24, 2.45) is 0 Å². The fraction of sp³-hybridized carbons (Fsp3) is 0.667. The van der Waals surface area contributed by atoms with Gasteiger partial charge in [0, 0.05) is 31.0 Å². The largest absolute Gasteiger partial charge is 0.370 e. The molecule has 1 fully saturated rings. The summed E-state index contributed by atoms with van der Waals surface area (Å²) >= 11 is 2.02. The number of nitrogens with one attached hydrogen (secondary N) is 1. The Kier molecular flexibility index (Phi) is 4.10. The lowest BCUT2D eigenvalue weighted by molar-refractivity contribution is 0.688. The van der Waals surface area contributed by atoms with Crippen LogP contribution in [0.3, 0.4) is 0 Å². The molecule has 0 amide bonds. The van der Waals surface area contributed by atoms with E-state index in [0.717, 1.165) is 23.7 Å². The van der Waals surface area contributed by atoms with Crippen LogP contribution in [-0.2, 0) is 0 Å². The minimum absolute atomic E-state index is 0.614. The fourth-order valence-corrected chi connectivity index (χ4v) is 3.41. The first-order chi connectivity index (χ1) is 8.24. The Labute approximate surface area is 107 Å². The first-order valence-electron chi connectivity index (χ1n) is 6.10. The van der Waals surface area contributed by atoms with E-state index in [0.29, 0.717) is 6.04 Å². The van der Waals surface area contributed by atoms with E-state index in [4.69, 9.17) is 0 Å². The van der Waals surface area contributed by atoms with Gasteiger partial charge in [0.05, 0.1) is 0 Å². The van der Waals surface area contributed by atoms with E-state index in [1.54, 1.807) is 6.33 Å². The molecule has 94 valence electrons. The van der Waals surface area contributed by atoms with Crippen LogP contribution in [0.4, 0.5) is 11.6 Å². The highest BCUT2D eigenvalue weighted by molar-refractivity contribution is 7.99. The first-order valence-corrected chi connectivity index (χ1v) is 7.25. The van der Waals surface area contributed by atoms with Crippen LogP contribution in [0.2, 0.25) is 0 Å². The summed E-state index contributed by atoms with van der Waals surface area (Å²) in [6, 6.07) is 0.614. The highest BCUT2D eigenvalue weighted by Gasteiger charge is 2.22. The summed E-state index contributed by atoms with van der Waals surface area (Å²) in [6.45, 7) is 5.06. The second-order valence-electron chi connectivity index (χ2n) is 4.33. The monoisotopic (exact) mass is 252 g/mol. The van der Waals surface area contributed by atoms with Crippen molar-refractivity contribution in [1.29, 1.82) is 0 Å². The third-order valence-electron chi connectivity index (χ3n) is 3.19. The van der Waals surface area contributed by atoms with E-state index in [2.05, 4.69) is 41.1 Å². The average Bonchev–Trinajstić information content (AvgIpc) is 2.85. The van der Waals surface area contributed by atoms with Crippen molar-refractivity contribution in [3.63, 3.8) is 0 Å². The Bertz CT molecular complexity index is 377. The van der Waals surface area contributed by atoms with E-state index < -0.39 is 0 Å². The molecule has 1 unspecified atom stereocenters. The molecule has 1 atom stereocenters. The lowest BCUT2D eigenvalue weighted by atomic mass is 10.2. The number of thioether (sulfide) groups is 1.